The molecule has 0 bridgehead atoms. The number of rotatable bonds is 1. The fourth-order valence-electron chi connectivity index (χ4n) is 2.33. The lowest BCUT2D eigenvalue weighted by Crippen LogP contribution is -2.10. The zero-order chi connectivity index (χ0) is 14.4. The zero-order valence-electron chi connectivity index (χ0n) is 10.7. The summed E-state index contributed by atoms with van der Waals surface area (Å²) in [5.41, 5.74) is 3.68. The van der Waals surface area contributed by atoms with Gasteiger partial charge in [0.05, 0.1) is 28.4 Å². The molecular formula is C15H8N4OS. The molecule has 3 aromatic heterocycles. The molecule has 5 nitrogen and oxygen atoms in total. The maximum atomic E-state index is 12.1. The van der Waals surface area contributed by atoms with Crippen molar-refractivity contribution in [2.24, 2.45) is 0 Å². The lowest BCUT2D eigenvalue weighted by Gasteiger charge is -1.96. The van der Waals surface area contributed by atoms with Gasteiger partial charge in [-0.2, -0.15) is 5.26 Å². The number of H-pyrrole nitrogens is 2. The molecule has 0 aliphatic rings. The van der Waals surface area contributed by atoms with Crippen molar-refractivity contribution in [3.05, 3.63) is 50.9 Å². The van der Waals surface area contributed by atoms with Crippen molar-refractivity contribution in [2.75, 3.05) is 0 Å². The Hall–Kier alpha value is -2.91. The fourth-order valence-corrected chi connectivity index (χ4v) is 3.02. The minimum atomic E-state index is -0.229. The summed E-state index contributed by atoms with van der Waals surface area (Å²) in [7, 11) is 0. The van der Waals surface area contributed by atoms with E-state index in [-0.39, 0.29) is 5.56 Å². The third kappa shape index (κ3) is 1.83. The Morgan fingerprint density at radius 2 is 2.05 bits per heavy atom. The van der Waals surface area contributed by atoms with Gasteiger partial charge >= 0.3 is 0 Å². The number of hydrogen-bond acceptors (Lipinski definition) is 4. The molecule has 0 saturated heterocycles. The van der Waals surface area contributed by atoms with E-state index in [0.29, 0.717) is 17.0 Å². The van der Waals surface area contributed by atoms with Crippen molar-refractivity contribution in [1.82, 2.24) is 15.0 Å². The van der Waals surface area contributed by atoms with Gasteiger partial charge in [0.15, 0.2) is 5.69 Å². The molecule has 0 radical (unpaired) electrons. The summed E-state index contributed by atoms with van der Waals surface area (Å²) < 4.78 is 0. The highest BCUT2D eigenvalue weighted by molar-refractivity contribution is 7.09. The van der Waals surface area contributed by atoms with Crippen LogP contribution in [0.15, 0.2) is 39.8 Å². The van der Waals surface area contributed by atoms with E-state index in [0.717, 1.165) is 21.9 Å². The predicted molar refractivity (Wildman–Crippen MR) is 82.2 cm³/mol. The number of fused-ring (bicyclic) bond motifs is 2. The molecule has 0 saturated carbocycles. The van der Waals surface area contributed by atoms with Crippen LogP contribution in [0, 0.1) is 11.3 Å². The van der Waals surface area contributed by atoms with Gasteiger partial charge in [-0.05, 0) is 18.2 Å². The van der Waals surface area contributed by atoms with Gasteiger partial charge in [-0.1, -0.05) is 6.07 Å². The first-order valence-electron chi connectivity index (χ1n) is 6.24. The summed E-state index contributed by atoms with van der Waals surface area (Å²) in [6, 6.07) is 9.33. The van der Waals surface area contributed by atoms with E-state index in [4.69, 9.17) is 5.26 Å². The first-order valence-corrected chi connectivity index (χ1v) is 7.18. The van der Waals surface area contributed by atoms with Crippen LogP contribution in [0.25, 0.3) is 33.3 Å². The number of thiophene rings is 1. The third-order valence-electron chi connectivity index (χ3n) is 3.34. The Morgan fingerprint density at radius 1 is 1.14 bits per heavy atom. The van der Waals surface area contributed by atoms with Crippen molar-refractivity contribution in [1.29, 1.82) is 5.26 Å². The molecule has 0 spiro atoms. The molecule has 0 aliphatic carbocycles. The van der Waals surface area contributed by atoms with Crippen molar-refractivity contribution in [3.63, 3.8) is 0 Å². The number of nitrogens with one attached hydrogen (secondary N) is 2. The summed E-state index contributed by atoms with van der Waals surface area (Å²) in [6.45, 7) is 0. The smallest absolute Gasteiger partial charge is 0.276 e. The van der Waals surface area contributed by atoms with E-state index in [1.807, 2.05) is 22.9 Å². The fraction of sp³-hybridized carbons (Fsp3) is 0. The van der Waals surface area contributed by atoms with Crippen LogP contribution in [0.3, 0.4) is 0 Å². The molecule has 3 heterocycles. The maximum Gasteiger partial charge on any atom is 0.276 e. The SMILES string of the molecule is N#Cc1ccc2cc(-c3nc4cscc4[nH]c3=O)[nH]c2c1. The third-order valence-corrected chi connectivity index (χ3v) is 4.07. The minimum absolute atomic E-state index is 0.229. The molecule has 4 rings (SSSR count). The van der Waals surface area contributed by atoms with Gasteiger partial charge in [0, 0.05) is 21.7 Å². The quantitative estimate of drug-likeness (QED) is 0.565. The molecule has 0 atom stereocenters. The van der Waals surface area contributed by atoms with Gasteiger partial charge in [-0.3, -0.25) is 4.79 Å². The first-order chi connectivity index (χ1) is 10.2. The van der Waals surface area contributed by atoms with Crippen LogP contribution in [-0.2, 0) is 0 Å². The second-order valence-electron chi connectivity index (χ2n) is 4.68. The minimum Gasteiger partial charge on any atom is -0.353 e. The summed E-state index contributed by atoms with van der Waals surface area (Å²) in [6.07, 6.45) is 0. The van der Waals surface area contributed by atoms with Crippen LogP contribution in [-0.4, -0.2) is 15.0 Å². The Morgan fingerprint density at radius 3 is 2.90 bits per heavy atom. The lowest BCUT2D eigenvalue weighted by molar-refractivity contribution is 1.21. The number of nitriles is 1. The van der Waals surface area contributed by atoms with Crippen LogP contribution < -0.4 is 5.56 Å². The summed E-state index contributed by atoms with van der Waals surface area (Å²) >= 11 is 1.50. The Balaban J connectivity index is 1.97. The largest absolute Gasteiger partial charge is 0.353 e. The Kier molecular flexibility index (Phi) is 2.43. The van der Waals surface area contributed by atoms with Gasteiger partial charge in [0.2, 0.25) is 0 Å². The van der Waals surface area contributed by atoms with Gasteiger partial charge in [-0.25, -0.2) is 4.98 Å². The number of nitrogens with zero attached hydrogens (tertiary/aromatic N) is 2. The summed E-state index contributed by atoms with van der Waals surface area (Å²) in [5, 5.41) is 13.6. The van der Waals surface area contributed by atoms with Crippen molar-refractivity contribution < 1.29 is 0 Å². The number of aromatic nitrogens is 3. The average molecular weight is 292 g/mol. The Bertz CT molecular complexity index is 1080. The van der Waals surface area contributed by atoms with Crippen molar-refractivity contribution >= 4 is 33.3 Å². The van der Waals surface area contributed by atoms with E-state index in [2.05, 4.69) is 21.0 Å². The molecular weight excluding hydrogens is 284 g/mol. The van der Waals surface area contributed by atoms with Crippen molar-refractivity contribution in [3.8, 4) is 17.5 Å². The number of aromatic amines is 2. The maximum absolute atomic E-state index is 12.1. The molecule has 0 amide bonds. The van der Waals surface area contributed by atoms with Gasteiger partial charge < -0.3 is 9.97 Å². The molecule has 4 aromatic rings. The number of benzene rings is 1. The highest BCUT2D eigenvalue weighted by Gasteiger charge is 2.11. The second-order valence-corrected chi connectivity index (χ2v) is 5.43. The molecule has 0 fully saturated rings. The molecule has 6 heteroatoms. The number of hydrogen-bond donors (Lipinski definition) is 2. The van der Waals surface area contributed by atoms with E-state index < -0.39 is 0 Å². The average Bonchev–Trinajstić information content (AvgIpc) is 3.10. The van der Waals surface area contributed by atoms with Gasteiger partial charge in [0.1, 0.15) is 0 Å². The second kappa shape index (κ2) is 4.30. The van der Waals surface area contributed by atoms with E-state index in [1.165, 1.54) is 11.3 Å². The van der Waals surface area contributed by atoms with Gasteiger partial charge in [-0.15, -0.1) is 11.3 Å². The van der Waals surface area contributed by atoms with Crippen LogP contribution in [0.5, 0.6) is 0 Å². The molecule has 0 aliphatic heterocycles. The molecule has 100 valence electrons. The first kappa shape index (κ1) is 11.9. The van der Waals surface area contributed by atoms with Crippen LogP contribution in [0.4, 0.5) is 0 Å². The highest BCUT2D eigenvalue weighted by Crippen LogP contribution is 2.23. The molecule has 1 aromatic carbocycles. The van der Waals surface area contributed by atoms with Crippen LogP contribution >= 0.6 is 11.3 Å². The molecule has 2 N–H and O–H groups in total. The monoisotopic (exact) mass is 292 g/mol. The van der Waals surface area contributed by atoms with Crippen LogP contribution in [0.1, 0.15) is 5.56 Å². The van der Waals surface area contributed by atoms with Crippen molar-refractivity contribution in [2.45, 2.75) is 0 Å². The normalized spacial score (nSPS) is 11.0. The van der Waals surface area contributed by atoms with E-state index in [1.54, 1.807) is 12.1 Å². The zero-order valence-corrected chi connectivity index (χ0v) is 11.5. The summed E-state index contributed by atoms with van der Waals surface area (Å²) in [5.74, 6) is 0. The van der Waals surface area contributed by atoms with E-state index in [9.17, 15) is 4.79 Å². The molecule has 21 heavy (non-hydrogen) atoms. The van der Waals surface area contributed by atoms with E-state index >= 15 is 0 Å². The highest BCUT2D eigenvalue weighted by atomic mass is 32.1. The lowest BCUT2D eigenvalue weighted by atomic mass is 10.2. The molecule has 0 unspecified atom stereocenters. The summed E-state index contributed by atoms with van der Waals surface area (Å²) in [4.78, 5) is 22.5. The topological polar surface area (TPSA) is 85.3 Å². The standard InChI is InChI=1S/C15H8N4OS/c16-5-8-1-2-9-4-11(17-10(9)3-8)14-15(20)19-13-7-21-6-12(13)18-14/h1-4,6-7,17H,(H,19,20). The van der Waals surface area contributed by atoms with Gasteiger partial charge in [0.25, 0.3) is 5.56 Å². The van der Waals surface area contributed by atoms with Crippen LogP contribution in [0.2, 0.25) is 0 Å². The predicted octanol–water partition coefficient (Wildman–Crippen LogP) is 3.00. The Labute approximate surface area is 122 Å².